The molecule has 0 N–H and O–H groups in total. The number of allylic oxidation sites excluding steroid dienone is 2. The van der Waals surface area contributed by atoms with Gasteiger partial charge in [0.15, 0.2) is 0 Å². The minimum absolute atomic E-state index is 0.715. The van der Waals surface area contributed by atoms with E-state index < -0.39 is 0 Å². The summed E-state index contributed by atoms with van der Waals surface area (Å²) in [6.45, 7) is 0. The molecule has 0 aromatic heterocycles. The average Bonchev–Trinajstić information content (AvgIpc) is 2.47. The van der Waals surface area contributed by atoms with Gasteiger partial charge in [0.1, 0.15) is 0 Å². The lowest BCUT2D eigenvalue weighted by atomic mass is 10.1. The van der Waals surface area contributed by atoms with Crippen LogP contribution in [-0.4, -0.2) is 0 Å². The highest BCUT2D eigenvalue weighted by Gasteiger charge is 1.91. The van der Waals surface area contributed by atoms with E-state index in [0.29, 0.717) is 6.42 Å². The highest BCUT2D eigenvalue weighted by atomic mass is 14.2. The number of unbranched alkanes of at least 4 members (excludes halogenated alkanes) is 12. The van der Waals surface area contributed by atoms with Gasteiger partial charge in [-0.3, -0.25) is 0 Å². The molecule has 0 unspecified atom stereocenters. The molecule has 0 aliphatic carbocycles. The molecule has 0 radical (unpaired) electrons. The zero-order chi connectivity index (χ0) is 14.7. The second-order valence-electron chi connectivity index (χ2n) is 5.40. The van der Waals surface area contributed by atoms with Gasteiger partial charge in [-0.25, -0.2) is 0 Å². The van der Waals surface area contributed by atoms with E-state index in [2.05, 4.69) is 24.3 Å². The largest absolute Gasteiger partial charge is 0.198 e. The minimum Gasteiger partial charge on any atom is -0.198 e. The number of nitriles is 2. The molecule has 0 saturated carbocycles. The van der Waals surface area contributed by atoms with E-state index in [1.165, 1.54) is 64.2 Å². The topological polar surface area (TPSA) is 47.6 Å². The van der Waals surface area contributed by atoms with Crippen LogP contribution in [0.3, 0.4) is 0 Å². The number of rotatable bonds is 14. The molecule has 0 aliphatic heterocycles. The van der Waals surface area contributed by atoms with Crippen molar-refractivity contribution in [2.75, 3.05) is 0 Å². The fourth-order valence-corrected chi connectivity index (χ4v) is 2.23. The summed E-state index contributed by atoms with van der Waals surface area (Å²) in [4.78, 5) is 0. The molecule has 0 bridgehead atoms. The molecule has 0 aromatic rings. The molecule has 0 atom stereocenters. The summed E-state index contributed by atoms with van der Waals surface area (Å²) in [7, 11) is 0. The van der Waals surface area contributed by atoms with Crippen LogP contribution in [0.25, 0.3) is 0 Å². The van der Waals surface area contributed by atoms with Crippen molar-refractivity contribution in [2.45, 2.75) is 89.9 Å². The van der Waals surface area contributed by atoms with E-state index >= 15 is 0 Å². The zero-order valence-electron chi connectivity index (χ0n) is 12.9. The van der Waals surface area contributed by atoms with Crippen molar-refractivity contribution >= 4 is 0 Å². The molecule has 0 saturated heterocycles. The lowest BCUT2D eigenvalue weighted by Gasteiger charge is -1.98. The Balaban J connectivity index is 3.06. The van der Waals surface area contributed by atoms with Crippen molar-refractivity contribution < 1.29 is 0 Å². The first-order valence-corrected chi connectivity index (χ1v) is 8.30. The van der Waals surface area contributed by atoms with Gasteiger partial charge < -0.3 is 0 Å². The summed E-state index contributed by atoms with van der Waals surface area (Å²) in [5.41, 5.74) is 0. The second-order valence-corrected chi connectivity index (χ2v) is 5.40. The van der Waals surface area contributed by atoms with E-state index in [4.69, 9.17) is 10.5 Å². The lowest BCUT2D eigenvalue weighted by Crippen LogP contribution is -1.79. The highest BCUT2D eigenvalue weighted by molar-refractivity contribution is 4.81. The fraction of sp³-hybridized carbons (Fsp3) is 0.778. The SMILES string of the molecule is N#CCCCCCC/C=C/CCCCCCCCC#N. The molecule has 0 spiro atoms. The van der Waals surface area contributed by atoms with E-state index in [1.54, 1.807) is 0 Å². The summed E-state index contributed by atoms with van der Waals surface area (Å²) < 4.78 is 0. The monoisotopic (exact) mass is 274 g/mol. The molecule has 0 rings (SSSR count). The molecule has 0 heterocycles. The van der Waals surface area contributed by atoms with Crippen LogP contribution in [0, 0.1) is 22.7 Å². The van der Waals surface area contributed by atoms with Crippen molar-refractivity contribution in [3.8, 4) is 12.1 Å². The maximum atomic E-state index is 8.41. The Morgan fingerprint density at radius 3 is 1.25 bits per heavy atom. The van der Waals surface area contributed by atoms with E-state index in [1.807, 2.05) is 0 Å². The first-order valence-electron chi connectivity index (χ1n) is 8.30. The maximum Gasteiger partial charge on any atom is 0.0621 e. The van der Waals surface area contributed by atoms with Crippen molar-refractivity contribution in [3.05, 3.63) is 12.2 Å². The van der Waals surface area contributed by atoms with Gasteiger partial charge in [-0.1, -0.05) is 50.7 Å². The molecule has 0 amide bonds. The summed E-state index contributed by atoms with van der Waals surface area (Å²) in [6.07, 6.45) is 20.8. The van der Waals surface area contributed by atoms with Crippen molar-refractivity contribution in [1.82, 2.24) is 0 Å². The quantitative estimate of drug-likeness (QED) is 0.286. The van der Waals surface area contributed by atoms with Crippen LogP contribution < -0.4 is 0 Å². The van der Waals surface area contributed by atoms with Gasteiger partial charge in [0, 0.05) is 12.8 Å². The van der Waals surface area contributed by atoms with Crippen LogP contribution in [0.1, 0.15) is 89.9 Å². The summed E-state index contributed by atoms with van der Waals surface area (Å²) >= 11 is 0. The van der Waals surface area contributed by atoms with Crippen LogP contribution in [0.5, 0.6) is 0 Å². The summed E-state index contributed by atoms with van der Waals surface area (Å²) in [5.74, 6) is 0. The number of nitrogens with zero attached hydrogens (tertiary/aromatic N) is 2. The third-order valence-corrected chi connectivity index (χ3v) is 3.49. The predicted molar refractivity (Wildman–Crippen MR) is 85.0 cm³/mol. The minimum atomic E-state index is 0.715. The van der Waals surface area contributed by atoms with Crippen LogP contribution in [0.4, 0.5) is 0 Å². The molecule has 2 heteroatoms. The van der Waals surface area contributed by atoms with Crippen LogP contribution >= 0.6 is 0 Å². The van der Waals surface area contributed by atoms with Crippen molar-refractivity contribution in [3.63, 3.8) is 0 Å². The third-order valence-electron chi connectivity index (χ3n) is 3.49. The van der Waals surface area contributed by atoms with E-state index in [9.17, 15) is 0 Å². The Morgan fingerprint density at radius 1 is 0.500 bits per heavy atom. The molecule has 112 valence electrons. The van der Waals surface area contributed by atoms with Crippen LogP contribution in [-0.2, 0) is 0 Å². The molecule has 2 nitrogen and oxygen atoms in total. The molecule has 0 fully saturated rings. The molecule has 0 aliphatic rings. The summed E-state index contributed by atoms with van der Waals surface area (Å²) in [5, 5.41) is 16.8. The van der Waals surface area contributed by atoms with E-state index in [-0.39, 0.29) is 0 Å². The number of hydrogen-bond donors (Lipinski definition) is 0. The van der Waals surface area contributed by atoms with Gasteiger partial charge in [0.2, 0.25) is 0 Å². The Labute approximate surface area is 125 Å². The lowest BCUT2D eigenvalue weighted by molar-refractivity contribution is 0.601. The zero-order valence-corrected chi connectivity index (χ0v) is 12.9. The van der Waals surface area contributed by atoms with Crippen molar-refractivity contribution in [1.29, 1.82) is 10.5 Å². The average molecular weight is 274 g/mol. The van der Waals surface area contributed by atoms with Gasteiger partial charge in [0.25, 0.3) is 0 Å². The van der Waals surface area contributed by atoms with E-state index in [0.717, 1.165) is 19.3 Å². The van der Waals surface area contributed by atoms with Crippen molar-refractivity contribution in [2.24, 2.45) is 0 Å². The van der Waals surface area contributed by atoms with Gasteiger partial charge in [-0.15, -0.1) is 0 Å². The van der Waals surface area contributed by atoms with Crippen LogP contribution in [0.15, 0.2) is 12.2 Å². The Morgan fingerprint density at radius 2 is 0.850 bits per heavy atom. The summed E-state index contributed by atoms with van der Waals surface area (Å²) in [6, 6.07) is 4.38. The molecular formula is C18H30N2. The highest BCUT2D eigenvalue weighted by Crippen LogP contribution is 2.09. The number of hydrogen-bond acceptors (Lipinski definition) is 2. The molecular weight excluding hydrogens is 244 g/mol. The normalized spacial score (nSPS) is 10.5. The molecule has 0 aromatic carbocycles. The maximum absolute atomic E-state index is 8.41. The van der Waals surface area contributed by atoms with Gasteiger partial charge >= 0.3 is 0 Å². The fourth-order valence-electron chi connectivity index (χ4n) is 2.23. The Kier molecular flexibility index (Phi) is 16.6. The van der Waals surface area contributed by atoms with Gasteiger partial charge in [0.05, 0.1) is 12.1 Å². The Hall–Kier alpha value is -1.28. The smallest absolute Gasteiger partial charge is 0.0621 e. The first kappa shape index (κ1) is 18.7. The molecule has 20 heavy (non-hydrogen) atoms. The van der Waals surface area contributed by atoms with Gasteiger partial charge in [-0.05, 0) is 38.5 Å². The van der Waals surface area contributed by atoms with Gasteiger partial charge in [-0.2, -0.15) is 10.5 Å². The second kappa shape index (κ2) is 17.7. The predicted octanol–water partition coefficient (Wildman–Crippen LogP) is 6.05. The Bertz CT molecular complexity index is 294. The standard InChI is InChI=1S/C18H30N2/c19-17-15-13-11-9-7-5-3-1-2-4-6-8-10-12-14-16-18-20/h1,3H,2,4-16H2/b3-1+. The third kappa shape index (κ3) is 16.7. The first-order chi connectivity index (χ1) is 9.91. The van der Waals surface area contributed by atoms with Crippen LogP contribution in [0.2, 0.25) is 0 Å².